The van der Waals surface area contributed by atoms with Gasteiger partial charge in [-0.05, 0) is 5.92 Å². The van der Waals surface area contributed by atoms with Crippen LogP contribution < -0.4 is 0 Å². The Morgan fingerprint density at radius 1 is 1.58 bits per heavy atom. The molecule has 0 aromatic rings. The molecule has 0 amide bonds. The summed E-state index contributed by atoms with van der Waals surface area (Å²) in [7, 11) is 1.37. The van der Waals surface area contributed by atoms with Gasteiger partial charge in [-0.3, -0.25) is 4.79 Å². The van der Waals surface area contributed by atoms with Crippen LogP contribution >= 0.6 is 11.8 Å². The zero-order valence-corrected chi connectivity index (χ0v) is 8.56. The highest BCUT2D eigenvalue weighted by Gasteiger charge is 2.10. The molecule has 72 valence electrons. The Labute approximate surface area is 77.5 Å². The first-order valence-corrected chi connectivity index (χ1v) is 4.99. The molecule has 12 heavy (non-hydrogen) atoms. The maximum atomic E-state index is 10.6. The van der Waals surface area contributed by atoms with Crippen LogP contribution in [0.4, 0.5) is 0 Å². The maximum Gasteiger partial charge on any atom is 0.306 e. The third-order valence-corrected chi connectivity index (χ3v) is 2.72. The molecular weight excluding hydrogens is 176 g/mol. The van der Waals surface area contributed by atoms with Crippen molar-refractivity contribution in [3.05, 3.63) is 0 Å². The molecule has 0 aromatic carbocycles. The molecule has 0 rings (SSSR count). The predicted octanol–water partition coefficient (Wildman–Crippen LogP) is 1.26. The molecule has 1 atom stereocenters. The standard InChI is InChI=1S/C8H16O3S/c1-6(2)8(10)12-5-4-7(9)11-3/h6,8,10H,4-5H2,1-3H3. The van der Waals surface area contributed by atoms with E-state index in [0.29, 0.717) is 12.2 Å². The van der Waals surface area contributed by atoms with Crippen molar-refractivity contribution in [2.45, 2.75) is 25.7 Å². The molecule has 0 aromatic heterocycles. The molecule has 4 heteroatoms. The molecule has 0 saturated heterocycles. The quantitative estimate of drug-likeness (QED) is 0.526. The Kier molecular flexibility index (Phi) is 6.20. The molecular formula is C8H16O3S. The number of aliphatic hydroxyl groups is 1. The zero-order valence-electron chi connectivity index (χ0n) is 7.74. The summed E-state index contributed by atoms with van der Waals surface area (Å²) >= 11 is 1.38. The van der Waals surface area contributed by atoms with Crippen LogP contribution in [0.15, 0.2) is 0 Å². The van der Waals surface area contributed by atoms with Crippen molar-refractivity contribution in [2.75, 3.05) is 12.9 Å². The third-order valence-electron chi connectivity index (χ3n) is 1.39. The summed E-state index contributed by atoms with van der Waals surface area (Å²) in [4.78, 5) is 10.6. The van der Waals surface area contributed by atoms with E-state index in [9.17, 15) is 9.90 Å². The minimum absolute atomic E-state index is 0.224. The fourth-order valence-electron chi connectivity index (χ4n) is 0.558. The first-order chi connectivity index (χ1) is 5.57. The lowest BCUT2D eigenvalue weighted by atomic mass is 10.2. The van der Waals surface area contributed by atoms with Gasteiger partial charge < -0.3 is 9.84 Å². The lowest BCUT2D eigenvalue weighted by Gasteiger charge is -2.12. The van der Waals surface area contributed by atoms with Crippen LogP contribution in [0.2, 0.25) is 0 Å². The summed E-state index contributed by atoms with van der Waals surface area (Å²) in [6.07, 6.45) is 0.366. The van der Waals surface area contributed by atoms with Crippen molar-refractivity contribution in [2.24, 2.45) is 5.92 Å². The molecule has 3 nitrogen and oxygen atoms in total. The van der Waals surface area contributed by atoms with E-state index in [2.05, 4.69) is 4.74 Å². The highest BCUT2D eigenvalue weighted by Crippen LogP contribution is 2.17. The van der Waals surface area contributed by atoms with Crippen molar-refractivity contribution < 1.29 is 14.6 Å². The number of aliphatic hydroxyl groups excluding tert-OH is 1. The van der Waals surface area contributed by atoms with Gasteiger partial charge in [-0.15, -0.1) is 11.8 Å². The largest absolute Gasteiger partial charge is 0.469 e. The Hall–Kier alpha value is -0.220. The van der Waals surface area contributed by atoms with Crippen LogP contribution in [0.1, 0.15) is 20.3 Å². The topological polar surface area (TPSA) is 46.5 Å². The average molecular weight is 192 g/mol. The van der Waals surface area contributed by atoms with Gasteiger partial charge >= 0.3 is 5.97 Å². The second-order valence-electron chi connectivity index (χ2n) is 2.83. The number of ether oxygens (including phenoxy) is 1. The number of hydrogen-bond donors (Lipinski definition) is 1. The molecule has 0 spiro atoms. The number of thioether (sulfide) groups is 1. The lowest BCUT2D eigenvalue weighted by Crippen LogP contribution is -2.11. The normalized spacial score (nSPS) is 13.1. The summed E-state index contributed by atoms with van der Waals surface area (Å²) in [6, 6.07) is 0. The summed E-state index contributed by atoms with van der Waals surface area (Å²) < 4.78 is 4.46. The monoisotopic (exact) mass is 192 g/mol. The molecule has 0 bridgehead atoms. The molecule has 0 radical (unpaired) electrons. The van der Waals surface area contributed by atoms with Crippen LogP contribution in [-0.2, 0) is 9.53 Å². The van der Waals surface area contributed by atoms with Crippen LogP contribution in [0, 0.1) is 5.92 Å². The lowest BCUT2D eigenvalue weighted by molar-refractivity contribution is -0.140. The predicted molar refractivity (Wildman–Crippen MR) is 49.9 cm³/mol. The van der Waals surface area contributed by atoms with Crippen molar-refractivity contribution in [3.63, 3.8) is 0 Å². The fourth-order valence-corrected chi connectivity index (χ4v) is 1.47. The van der Waals surface area contributed by atoms with Crippen molar-refractivity contribution in [1.82, 2.24) is 0 Å². The van der Waals surface area contributed by atoms with E-state index >= 15 is 0 Å². The summed E-state index contributed by atoms with van der Waals surface area (Å²) in [5.74, 6) is 0.623. The van der Waals surface area contributed by atoms with Gasteiger partial charge in [0.05, 0.1) is 13.5 Å². The number of esters is 1. The van der Waals surface area contributed by atoms with E-state index in [0.717, 1.165) is 0 Å². The number of hydrogen-bond acceptors (Lipinski definition) is 4. The molecule has 0 aliphatic heterocycles. The van der Waals surface area contributed by atoms with Crippen LogP contribution in [-0.4, -0.2) is 29.4 Å². The van der Waals surface area contributed by atoms with E-state index in [1.54, 1.807) is 0 Å². The van der Waals surface area contributed by atoms with Crippen molar-refractivity contribution in [3.8, 4) is 0 Å². The van der Waals surface area contributed by atoms with Gasteiger partial charge in [0.2, 0.25) is 0 Å². The summed E-state index contributed by atoms with van der Waals surface area (Å²) in [5.41, 5.74) is -0.380. The van der Waals surface area contributed by atoms with E-state index in [1.165, 1.54) is 18.9 Å². The van der Waals surface area contributed by atoms with E-state index in [-0.39, 0.29) is 17.3 Å². The van der Waals surface area contributed by atoms with E-state index in [1.807, 2.05) is 13.8 Å². The summed E-state index contributed by atoms with van der Waals surface area (Å²) in [6.45, 7) is 3.88. The van der Waals surface area contributed by atoms with Gasteiger partial charge in [-0.2, -0.15) is 0 Å². The second kappa shape index (κ2) is 6.31. The van der Waals surface area contributed by atoms with Gasteiger partial charge in [0.15, 0.2) is 0 Å². The van der Waals surface area contributed by atoms with Crippen LogP contribution in [0.5, 0.6) is 0 Å². The number of methoxy groups -OCH3 is 1. The smallest absolute Gasteiger partial charge is 0.306 e. The SMILES string of the molecule is COC(=O)CCSC(O)C(C)C. The van der Waals surface area contributed by atoms with E-state index < -0.39 is 0 Å². The molecule has 0 heterocycles. The number of rotatable bonds is 5. The average Bonchev–Trinajstić information content (AvgIpc) is 2.03. The van der Waals surface area contributed by atoms with Gasteiger partial charge in [-0.1, -0.05) is 13.8 Å². The van der Waals surface area contributed by atoms with Gasteiger partial charge in [0.1, 0.15) is 5.44 Å². The van der Waals surface area contributed by atoms with Gasteiger partial charge in [0.25, 0.3) is 0 Å². The Morgan fingerprint density at radius 3 is 2.58 bits per heavy atom. The fraction of sp³-hybridized carbons (Fsp3) is 0.875. The van der Waals surface area contributed by atoms with Crippen LogP contribution in [0.25, 0.3) is 0 Å². The zero-order chi connectivity index (χ0) is 9.56. The Balaban J connectivity index is 3.37. The third kappa shape index (κ3) is 5.43. The Morgan fingerprint density at radius 2 is 2.17 bits per heavy atom. The number of carbonyl (C=O) groups is 1. The molecule has 0 aliphatic rings. The molecule has 0 saturated carbocycles. The molecule has 1 unspecified atom stereocenters. The highest BCUT2D eigenvalue weighted by molar-refractivity contribution is 7.99. The summed E-state index contributed by atoms with van der Waals surface area (Å²) in [5, 5.41) is 9.32. The molecule has 1 N–H and O–H groups in total. The van der Waals surface area contributed by atoms with E-state index in [4.69, 9.17) is 0 Å². The second-order valence-corrected chi connectivity index (χ2v) is 4.06. The van der Waals surface area contributed by atoms with Crippen molar-refractivity contribution in [1.29, 1.82) is 0 Å². The number of carbonyl (C=O) groups excluding carboxylic acids is 1. The van der Waals surface area contributed by atoms with Crippen LogP contribution in [0.3, 0.4) is 0 Å². The van der Waals surface area contributed by atoms with Gasteiger partial charge in [-0.25, -0.2) is 0 Å². The van der Waals surface area contributed by atoms with Gasteiger partial charge in [0, 0.05) is 5.75 Å². The minimum atomic E-state index is -0.380. The molecule has 0 fully saturated rings. The minimum Gasteiger partial charge on any atom is -0.469 e. The maximum absolute atomic E-state index is 10.6. The first-order valence-electron chi connectivity index (χ1n) is 3.94. The molecule has 0 aliphatic carbocycles. The highest BCUT2D eigenvalue weighted by atomic mass is 32.2. The van der Waals surface area contributed by atoms with Crippen molar-refractivity contribution >= 4 is 17.7 Å². The first kappa shape index (κ1) is 11.8. The Bertz CT molecular complexity index is 136.